The average molecular weight is 341 g/mol. The van der Waals surface area contributed by atoms with Gasteiger partial charge < -0.3 is 20.1 Å². The van der Waals surface area contributed by atoms with Crippen molar-refractivity contribution < 1.29 is 14.3 Å². The molecule has 1 unspecified atom stereocenters. The fraction of sp³-hybridized carbons (Fsp3) is 0.368. The molecule has 1 aromatic heterocycles. The number of nitrogens with one attached hydrogen (secondary N) is 2. The Bertz CT molecular complexity index is 748. The molecule has 2 N–H and O–H groups in total. The highest BCUT2D eigenvalue weighted by atomic mass is 16.5. The predicted octanol–water partition coefficient (Wildman–Crippen LogP) is 2.18. The minimum Gasteiger partial charge on any atom is -0.497 e. The summed E-state index contributed by atoms with van der Waals surface area (Å²) in [6, 6.07) is 7.65. The largest absolute Gasteiger partial charge is 0.497 e. The van der Waals surface area contributed by atoms with E-state index in [0.717, 1.165) is 28.3 Å². The standard InChI is InChI=1S/C19H23N3O3/c1-13-11-20-6-5-17(13)21-7-8-22-19(23)15-9-14-3-4-16(24-2)10-18(14)25-12-15/h3-6,10-11,15H,7-9,12H2,1-2H3,(H,20,21)(H,22,23). The van der Waals surface area contributed by atoms with E-state index in [4.69, 9.17) is 9.47 Å². The molecule has 0 saturated heterocycles. The van der Waals surface area contributed by atoms with E-state index in [1.165, 1.54) is 0 Å². The van der Waals surface area contributed by atoms with Crippen molar-refractivity contribution in [2.45, 2.75) is 13.3 Å². The number of rotatable bonds is 6. The zero-order valence-corrected chi connectivity index (χ0v) is 14.5. The second-order valence-electron chi connectivity index (χ2n) is 6.09. The summed E-state index contributed by atoms with van der Waals surface area (Å²) in [5.41, 5.74) is 3.16. The number of amides is 1. The van der Waals surface area contributed by atoms with Crippen LogP contribution in [0.4, 0.5) is 5.69 Å². The third kappa shape index (κ3) is 4.21. The monoisotopic (exact) mass is 341 g/mol. The number of benzene rings is 1. The average Bonchev–Trinajstić information content (AvgIpc) is 2.65. The summed E-state index contributed by atoms with van der Waals surface area (Å²) in [5, 5.41) is 6.27. The lowest BCUT2D eigenvalue weighted by atomic mass is 9.96. The van der Waals surface area contributed by atoms with E-state index < -0.39 is 0 Å². The first-order chi connectivity index (χ1) is 12.2. The summed E-state index contributed by atoms with van der Waals surface area (Å²) >= 11 is 0. The number of aromatic nitrogens is 1. The van der Waals surface area contributed by atoms with Gasteiger partial charge in [-0.15, -0.1) is 0 Å². The first kappa shape index (κ1) is 17.1. The van der Waals surface area contributed by atoms with Gasteiger partial charge >= 0.3 is 0 Å². The molecule has 2 heterocycles. The summed E-state index contributed by atoms with van der Waals surface area (Å²) in [6.07, 6.45) is 4.24. The van der Waals surface area contributed by atoms with Gasteiger partial charge in [-0.1, -0.05) is 6.07 Å². The van der Waals surface area contributed by atoms with E-state index in [2.05, 4.69) is 15.6 Å². The number of ether oxygens (including phenoxy) is 2. The third-order valence-corrected chi connectivity index (χ3v) is 4.31. The van der Waals surface area contributed by atoms with Gasteiger partial charge in [-0.3, -0.25) is 9.78 Å². The summed E-state index contributed by atoms with van der Waals surface area (Å²) in [5.74, 6) is 1.43. The molecule has 1 aromatic carbocycles. The highest BCUT2D eigenvalue weighted by molar-refractivity contribution is 5.79. The Balaban J connectivity index is 1.47. The number of hydrogen-bond donors (Lipinski definition) is 2. The number of hydrogen-bond acceptors (Lipinski definition) is 5. The molecule has 0 bridgehead atoms. The Kier molecular flexibility index (Phi) is 5.38. The van der Waals surface area contributed by atoms with Gasteiger partial charge in [0.1, 0.15) is 18.1 Å². The van der Waals surface area contributed by atoms with E-state index in [1.807, 2.05) is 37.4 Å². The molecule has 132 valence electrons. The molecule has 3 rings (SSSR count). The highest BCUT2D eigenvalue weighted by Gasteiger charge is 2.26. The van der Waals surface area contributed by atoms with Crippen LogP contribution in [-0.2, 0) is 11.2 Å². The van der Waals surface area contributed by atoms with Crippen molar-refractivity contribution in [3.05, 3.63) is 47.8 Å². The van der Waals surface area contributed by atoms with Crippen molar-refractivity contribution in [1.82, 2.24) is 10.3 Å². The van der Waals surface area contributed by atoms with E-state index in [0.29, 0.717) is 26.1 Å². The number of pyridine rings is 1. The van der Waals surface area contributed by atoms with Gasteiger partial charge in [0.2, 0.25) is 5.91 Å². The normalized spacial score (nSPS) is 15.7. The maximum absolute atomic E-state index is 12.4. The molecule has 0 saturated carbocycles. The second kappa shape index (κ2) is 7.88. The number of fused-ring (bicyclic) bond motifs is 1. The Morgan fingerprint density at radius 3 is 3.04 bits per heavy atom. The topological polar surface area (TPSA) is 72.5 Å². The number of methoxy groups -OCH3 is 1. The maximum Gasteiger partial charge on any atom is 0.226 e. The van der Waals surface area contributed by atoms with Crippen LogP contribution >= 0.6 is 0 Å². The highest BCUT2D eigenvalue weighted by Crippen LogP contribution is 2.31. The zero-order valence-electron chi connectivity index (χ0n) is 14.5. The van der Waals surface area contributed by atoms with E-state index in [1.54, 1.807) is 13.3 Å². The van der Waals surface area contributed by atoms with Crippen molar-refractivity contribution >= 4 is 11.6 Å². The molecule has 0 fully saturated rings. The second-order valence-corrected chi connectivity index (χ2v) is 6.09. The van der Waals surface area contributed by atoms with Crippen LogP contribution in [0.15, 0.2) is 36.7 Å². The van der Waals surface area contributed by atoms with Crippen molar-refractivity contribution in [3.8, 4) is 11.5 Å². The van der Waals surface area contributed by atoms with Gasteiger partial charge in [0, 0.05) is 37.2 Å². The first-order valence-electron chi connectivity index (χ1n) is 8.39. The quantitative estimate of drug-likeness (QED) is 0.788. The van der Waals surface area contributed by atoms with Crippen LogP contribution in [-0.4, -0.2) is 37.7 Å². The van der Waals surface area contributed by atoms with Crippen LogP contribution in [0.25, 0.3) is 0 Å². The zero-order chi connectivity index (χ0) is 17.6. The van der Waals surface area contributed by atoms with Crippen molar-refractivity contribution in [3.63, 3.8) is 0 Å². The Morgan fingerprint density at radius 2 is 2.24 bits per heavy atom. The number of anilines is 1. The smallest absolute Gasteiger partial charge is 0.226 e. The predicted molar refractivity (Wildman–Crippen MR) is 96.2 cm³/mol. The molecule has 1 aliphatic rings. The van der Waals surface area contributed by atoms with Gasteiger partial charge in [-0.2, -0.15) is 0 Å². The van der Waals surface area contributed by atoms with Crippen LogP contribution in [0.3, 0.4) is 0 Å². The van der Waals surface area contributed by atoms with Crippen molar-refractivity contribution in [2.24, 2.45) is 5.92 Å². The van der Waals surface area contributed by atoms with Gasteiger partial charge in [0.05, 0.1) is 13.0 Å². The number of aryl methyl sites for hydroxylation is 1. The lowest BCUT2D eigenvalue weighted by Gasteiger charge is -2.25. The molecule has 1 aliphatic heterocycles. The van der Waals surface area contributed by atoms with Crippen LogP contribution in [0.2, 0.25) is 0 Å². The molecule has 6 nitrogen and oxygen atoms in total. The third-order valence-electron chi connectivity index (χ3n) is 4.31. The van der Waals surface area contributed by atoms with Gasteiger partial charge in [0.25, 0.3) is 0 Å². The van der Waals surface area contributed by atoms with Crippen molar-refractivity contribution in [2.75, 3.05) is 32.1 Å². The SMILES string of the molecule is COc1ccc2c(c1)OCC(C(=O)NCCNc1ccncc1C)C2. The minimum absolute atomic E-state index is 0.0229. The fourth-order valence-corrected chi connectivity index (χ4v) is 2.85. The lowest BCUT2D eigenvalue weighted by Crippen LogP contribution is -2.39. The molecule has 6 heteroatoms. The Labute approximate surface area is 147 Å². The minimum atomic E-state index is -0.163. The van der Waals surface area contributed by atoms with E-state index in [-0.39, 0.29) is 11.8 Å². The molecular weight excluding hydrogens is 318 g/mol. The molecule has 0 radical (unpaired) electrons. The summed E-state index contributed by atoms with van der Waals surface area (Å²) in [6.45, 7) is 3.62. The number of nitrogens with zero attached hydrogens (tertiary/aromatic N) is 1. The van der Waals surface area contributed by atoms with Crippen LogP contribution in [0, 0.1) is 12.8 Å². The molecule has 0 spiro atoms. The van der Waals surface area contributed by atoms with Gasteiger partial charge in [-0.25, -0.2) is 0 Å². The Morgan fingerprint density at radius 1 is 1.36 bits per heavy atom. The van der Waals surface area contributed by atoms with Gasteiger partial charge in [0.15, 0.2) is 0 Å². The number of carbonyl (C=O) groups is 1. The fourth-order valence-electron chi connectivity index (χ4n) is 2.85. The molecule has 2 aromatic rings. The molecule has 1 atom stereocenters. The van der Waals surface area contributed by atoms with Crippen LogP contribution in [0.1, 0.15) is 11.1 Å². The lowest BCUT2D eigenvalue weighted by molar-refractivity contribution is -0.126. The number of carbonyl (C=O) groups excluding carboxylic acids is 1. The molecule has 0 aliphatic carbocycles. The Hall–Kier alpha value is -2.76. The molecular formula is C19H23N3O3. The molecule has 25 heavy (non-hydrogen) atoms. The van der Waals surface area contributed by atoms with E-state index in [9.17, 15) is 4.79 Å². The van der Waals surface area contributed by atoms with Crippen molar-refractivity contribution in [1.29, 1.82) is 0 Å². The van der Waals surface area contributed by atoms with Crippen LogP contribution < -0.4 is 20.1 Å². The summed E-state index contributed by atoms with van der Waals surface area (Å²) in [4.78, 5) is 16.4. The van der Waals surface area contributed by atoms with E-state index >= 15 is 0 Å². The first-order valence-corrected chi connectivity index (χ1v) is 8.39. The summed E-state index contributed by atoms with van der Waals surface area (Å²) < 4.78 is 10.9. The maximum atomic E-state index is 12.4. The summed E-state index contributed by atoms with van der Waals surface area (Å²) in [7, 11) is 1.63. The van der Waals surface area contributed by atoms with Crippen LogP contribution in [0.5, 0.6) is 11.5 Å². The molecule has 1 amide bonds. The van der Waals surface area contributed by atoms with Gasteiger partial charge in [-0.05, 0) is 36.6 Å².